The van der Waals surface area contributed by atoms with Crippen molar-refractivity contribution in [3.8, 4) is 0 Å². The van der Waals surface area contributed by atoms with Crippen molar-refractivity contribution in [2.45, 2.75) is 51.7 Å². The lowest BCUT2D eigenvalue weighted by atomic mass is 9.98. The topological polar surface area (TPSA) is 51.2 Å². The van der Waals surface area contributed by atoms with Gasteiger partial charge >= 0.3 is 0 Å². The van der Waals surface area contributed by atoms with E-state index in [-0.39, 0.29) is 0 Å². The van der Waals surface area contributed by atoms with E-state index in [4.69, 9.17) is 0 Å². The Balaban J connectivity index is 1.55. The standard InChI is InChI=1S/C18H22N6/c1-11-6-18-19-8-15-16-5-4-14(7-17(15)24(18)20-11)23(16)10-13-9-22(3)21-12(13)2/h6,8-9,14,16H,4-5,7,10H2,1-3H3/t14-,16+/m1/s1. The summed E-state index contributed by atoms with van der Waals surface area (Å²) >= 11 is 0. The van der Waals surface area contributed by atoms with Gasteiger partial charge in [0.2, 0.25) is 0 Å². The highest BCUT2D eigenvalue weighted by Crippen LogP contribution is 2.44. The molecule has 2 aliphatic heterocycles. The normalized spacial score (nSPS) is 23.1. The van der Waals surface area contributed by atoms with Gasteiger partial charge in [-0.3, -0.25) is 9.58 Å². The van der Waals surface area contributed by atoms with Crippen LogP contribution in [0.1, 0.15) is 47.1 Å². The lowest BCUT2D eigenvalue weighted by molar-refractivity contribution is 0.165. The molecule has 6 nitrogen and oxygen atoms in total. The van der Waals surface area contributed by atoms with Crippen molar-refractivity contribution in [1.82, 2.24) is 29.3 Å². The summed E-state index contributed by atoms with van der Waals surface area (Å²) in [5.41, 5.74) is 7.21. The van der Waals surface area contributed by atoms with E-state index < -0.39 is 0 Å². The highest BCUT2D eigenvalue weighted by atomic mass is 15.3. The largest absolute Gasteiger partial charge is 0.288 e. The molecule has 5 rings (SSSR count). The van der Waals surface area contributed by atoms with Gasteiger partial charge in [0.15, 0.2) is 5.65 Å². The highest BCUT2D eigenvalue weighted by Gasteiger charge is 2.41. The molecule has 124 valence electrons. The molecule has 5 heterocycles. The fourth-order valence-electron chi connectivity index (χ4n) is 4.54. The molecule has 3 aromatic heterocycles. The molecule has 6 heteroatoms. The van der Waals surface area contributed by atoms with Crippen LogP contribution in [0, 0.1) is 13.8 Å². The van der Waals surface area contributed by atoms with E-state index >= 15 is 0 Å². The Morgan fingerprint density at radius 2 is 2.08 bits per heavy atom. The summed E-state index contributed by atoms with van der Waals surface area (Å²) in [5.74, 6) is 0. The SMILES string of the molecule is Cc1cc2ncc3c(n2n1)C[C@H]1CC[C@@H]3N1Cc1cn(C)nc1C. The first kappa shape index (κ1) is 14.2. The molecule has 0 aromatic carbocycles. The van der Waals surface area contributed by atoms with Gasteiger partial charge in [0.25, 0.3) is 0 Å². The fraction of sp³-hybridized carbons (Fsp3) is 0.500. The molecule has 0 radical (unpaired) electrons. The monoisotopic (exact) mass is 322 g/mol. The van der Waals surface area contributed by atoms with Crippen LogP contribution >= 0.6 is 0 Å². The Hall–Kier alpha value is -2.21. The third kappa shape index (κ3) is 1.95. The average molecular weight is 322 g/mol. The van der Waals surface area contributed by atoms with Gasteiger partial charge in [-0.15, -0.1) is 0 Å². The van der Waals surface area contributed by atoms with Crippen molar-refractivity contribution in [3.05, 3.63) is 46.7 Å². The molecule has 1 saturated heterocycles. The van der Waals surface area contributed by atoms with Gasteiger partial charge in [0.05, 0.1) is 17.1 Å². The number of hydrogen-bond acceptors (Lipinski definition) is 4. The zero-order chi connectivity index (χ0) is 16.4. The first-order valence-electron chi connectivity index (χ1n) is 8.69. The Kier molecular flexibility index (Phi) is 2.89. The van der Waals surface area contributed by atoms with Gasteiger partial charge in [0.1, 0.15) is 0 Å². The molecule has 0 aliphatic carbocycles. The van der Waals surface area contributed by atoms with Crippen molar-refractivity contribution in [2.75, 3.05) is 0 Å². The van der Waals surface area contributed by atoms with Gasteiger partial charge < -0.3 is 0 Å². The number of aromatic nitrogens is 5. The van der Waals surface area contributed by atoms with E-state index in [0.29, 0.717) is 12.1 Å². The summed E-state index contributed by atoms with van der Waals surface area (Å²) in [7, 11) is 2.00. The van der Waals surface area contributed by atoms with Crippen molar-refractivity contribution < 1.29 is 0 Å². The second kappa shape index (κ2) is 4.89. The van der Waals surface area contributed by atoms with Crippen molar-refractivity contribution in [3.63, 3.8) is 0 Å². The van der Waals surface area contributed by atoms with Crippen LogP contribution in [0.3, 0.4) is 0 Å². The van der Waals surface area contributed by atoms with Crippen molar-refractivity contribution in [1.29, 1.82) is 0 Å². The number of nitrogens with zero attached hydrogens (tertiary/aromatic N) is 6. The van der Waals surface area contributed by atoms with Gasteiger partial charge in [-0.05, 0) is 26.7 Å². The second-order valence-corrected chi connectivity index (χ2v) is 7.25. The molecule has 2 bridgehead atoms. The highest BCUT2D eigenvalue weighted by molar-refractivity contribution is 5.44. The molecule has 0 amide bonds. The summed E-state index contributed by atoms with van der Waals surface area (Å²) in [6, 6.07) is 3.12. The van der Waals surface area contributed by atoms with Crippen LogP contribution in [0.25, 0.3) is 5.65 Å². The summed E-state index contributed by atoms with van der Waals surface area (Å²) < 4.78 is 3.99. The third-order valence-electron chi connectivity index (χ3n) is 5.64. The Bertz CT molecular complexity index is 937. The average Bonchev–Trinajstić information content (AvgIpc) is 3.15. The summed E-state index contributed by atoms with van der Waals surface area (Å²) in [6.07, 6.45) is 7.76. The van der Waals surface area contributed by atoms with E-state index in [1.54, 1.807) is 0 Å². The molecule has 2 aliphatic rings. The van der Waals surface area contributed by atoms with Gasteiger partial charge in [0, 0.05) is 61.7 Å². The van der Waals surface area contributed by atoms with Gasteiger partial charge in [-0.25, -0.2) is 9.50 Å². The number of hydrogen-bond donors (Lipinski definition) is 0. The number of rotatable bonds is 2. The van der Waals surface area contributed by atoms with Gasteiger partial charge in [-0.2, -0.15) is 10.2 Å². The van der Waals surface area contributed by atoms with Crippen LogP contribution in [0.5, 0.6) is 0 Å². The smallest absolute Gasteiger partial charge is 0.155 e. The number of aryl methyl sites for hydroxylation is 3. The Morgan fingerprint density at radius 3 is 2.88 bits per heavy atom. The molecule has 1 fully saturated rings. The minimum absolute atomic E-state index is 0.458. The second-order valence-electron chi connectivity index (χ2n) is 7.25. The molecular formula is C18H22N6. The Labute approximate surface area is 141 Å². The Morgan fingerprint density at radius 1 is 1.21 bits per heavy atom. The molecule has 0 N–H and O–H groups in total. The quantitative estimate of drug-likeness (QED) is 0.727. The third-order valence-corrected chi connectivity index (χ3v) is 5.64. The summed E-state index contributed by atoms with van der Waals surface area (Å²) in [5, 5.41) is 9.17. The minimum Gasteiger partial charge on any atom is -0.288 e. The predicted molar refractivity (Wildman–Crippen MR) is 90.7 cm³/mol. The fourth-order valence-corrected chi connectivity index (χ4v) is 4.54. The maximum atomic E-state index is 4.67. The van der Waals surface area contributed by atoms with Crippen LogP contribution in [0.2, 0.25) is 0 Å². The van der Waals surface area contributed by atoms with Crippen molar-refractivity contribution >= 4 is 5.65 Å². The first-order valence-corrected chi connectivity index (χ1v) is 8.69. The van der Waals surface area contributed by atoms with E-state index in [9.17, 15) is 0 Å². The molecule has 0 unspecified atom stereocenters. The zero-order valence-corrected chi connectivity index (χ0v) is 14.4. The molecular weight excluding hydrogens is 300 g/mol. The van der Waals surface area contributed by atoms with Crippen LogP contribution in [-0.2, 0) is 20.0 Å². The predicted octanol–water partition coefficient (Wildman–Crippen LogP) is 2.34. The minimum atomic E-state index is 0.458. The van der Waals surface area contributed by atoms with E-state index in [0.717, 1.165) is 30.0 Å². The van der Waals surface area contributed by atoms with Crippen LogP contribution < -0.4 is 0 Å². The molecule has 0 saturated carbocycles. The first-order chi connectivity index (χ1) is 11.6. The van der Waals surface area contributed by atoms with Crippen molar-refractivity contribution in [2.24, 2.45) is 7.05 Å². The molecule has 24 heavy (non-hydrogen) atoms. The lowest BCUT2D eigenvalue weighted by Crippen LogP contribution is -2.38. The number of fused-ring (bicyclic) bond motifs is 6. The lowest BCUT2D eigenvalue weighted by Gasteiger charge is -2.36. The van der Waals surface area contributed by atoms with E-state index in [1.807, 2.05) is 18.7 Å². The van der Waals surface area contributed by atoms with Crippen LogP contribution in [-0.4, -0.2) is 35.3 Å². The van der Waals surface area contributed by atoms with E-state index in [2.05, 4.69) is 50.0 Å². The molecule has 0 spiro atoms. The van der Waals surface area contributed by atoms with Gasteiger partial charge in [-0.1, -0.05) is 0 Å². The molecule has 3 aromatic rings. The maximum absolute atomic E-state index is 4.67. The summed E-state index contributed by atoms with van der Waals surface area (Å²) in [4.78, 5) is 7.30. The maximum Gasteiger partial charge on any atom is 0.155 e. The summed E-state index contributed by atoms with van der Waals surface area (Å²) in [6.45, 7) is 5.12. The van der Waals surface area contributed by atoms with Crippen LogP contribution in [0.4, 0.5) is 0 Å². The van der Waals surface area contributed by atoms with E-state index in [1.165, 1.54) is 29.7 Å². The zero-order valence-electron chi connectivity index (χ0n) is 14.4. The molecule has 2 atom stereocenters. The van der Waals surface area contributed by atoms with Crippen LogP contribution in [0.15, 0.2) is 18.5 Å².